The summed E-state index contributed by atoms with van der Waals surface area (Å²) in [6.07, 6.45) is 3.17. The van der Waals surface area contributed by atoms with Gasteiger partial charge < -0.3 is 15.7 Å². The molecule has 3 N–H and O–H groups in total. The molecule has 7 nitrogen and oxygen atoms in total. The lowest BCUT2D eigenvalue weighted by Gasteiger charge is -2.10. The number of rotatable bonds is 6. The Kier molecular flexibility index (Phi) is 4.85. The number of carboxylic acid groups (broad SMARTS) is 1. The van der Waals surface area contributed by atoms with Crippen LogP contribution in [0.5, 0.6) is 0 Å². The molecule has 2 aromatic heterocycles. The van der Waals surface area contributed by atoms with Gasteiger partial charge in [-0.15, -0.1) is 0 Å². The fourth-order valence-electron chi connectivity index (χ4n) is 2.15. The lowest BCUT2D eigenvalue weighted by atomic mass is 10.2. The van der Waals surface area contributed by atoms with E-state index in [0.717, 1.165) is 21.1 Å². The molecule has 0 amide bonds. The quantitative estimate of drug-likeness (QED) is 0.595. The minimum atomic E-state index is -0.855. The molecule has 0 fully saturated rings. The SMILES string of the molecule is O=C(O)CCNc1cc2ncnc(Nc3cccc(Br)c3)c2cn1. The van der Waals surface area contributed by atoms with Gasteiger partial charge in [-0.2, -0.15) is 0 Å². The zero-order valence-electron chi connectivity index (χ0n) is 12.5. The summed E-state index contributed by atoms with van der Waals surface area (Å²) in [5.41, 5.74) is 1.61. The molecule has 24 heavy (non-hydrogen) atoms. The predicted molar refractivity (Wildman–Crippen MR) is 95.5 cm³/mol. The van der Waals surface area contributed by atoms with E-state index >= 15 is 0 Å². The van der Waals surface area contributed by atoms with Gasteiger partial charge in [-0.3, -0.25) is 4.79 Å². The number of fused-ring (bicyclic) bond motifs is 1. The van der Waals surface area contributed by atoms with Crippen LogP contribution in [0.25, 0.3) is 10.9 Å². The number of aromatic nitrogens is 3. The molecule has 0 unspecified atom stereocenters. The van der Waals surface area contributed by atoms with Crippen LogP contribution in [-0.2, 0) is 4.79 Å². The number of nitrogens with zero attached hydrogens (tertiary/aromatic N) is 3. The largest absolute Gasteiger partial charge is 0.481 e. The van der Waals surface area contributed by atoms with Crippen LogP contribution in [0.15, 0.2) is 47.3 Å². The molecule has 2 heterocycles. The Bertz CT molecular complexity index is 887. The van der Waals surface area contributed by atoms with E-state index in [1.165, 1.54) is 6.33 Å². The third-order valence-electron chi connectivity index (χ3n) is 3.25. The summed E-state index contributed by atoms with van der Waals surface area (Å²) in [6, 6.07) is 9.53. The Labute approximate surface area is 146 Å². The van der Waals surface area contributed by atoms with E-state index in [2.05, 4.69) is 41.5 Å². The maximum atomic E-state index is 10.6. The highest BCUT2D eigenvalue weighted by Gasteiger charge is 2.07. The number of aliphatic carboxylic acids is 1. The summed E-state index contributed by atoms with van der Waals surface area (Å²) in [4.78, 5) is 23.4. The number of nitrogens with one attached hydrogen (secondary N) is 2. The minimum absolute atomic E-state index is 0.0270. The Morgan fingerprint density at radius 3 is 2.88 bits per heavy atom. The van der Waals surface area contributed by atoms with Crippen molar-refractivity contribution >= 4 is 50.1 Å². The molecule has 0 bridgehead atoms. The van der Waals surface area contributed by atoms with Crippen molar-refractivity contribution in [1.82, 2.24) is 15.0 Å². The Hall–Kier alpha value is -2.74. The summed E-state index contributed by atoms with van der Waals surface area (Å²) < 4.78 is 0.967. The van der Waals surface area contributed by atoms with Crippen molar-refractivity contribution in [3.63, 3.8) is 0 Å². The Morgan fingerprint density at radius 2 is 2.08 bits per heavy atom. The highest BCUT2D eigenvalue weighted by Crippen LogP contribution is 2.25. The first-order valence-electron chi connectivity index (χ1n) is 7.21. The summed E-state index contributed by atoms with van der Waals surface area (Å²) in [6.45, 7) is 0.308. The molecule has 122 valence electrons. The minimum Gasteiger partial charge on any atom is -0.481 e. The molecule has 1 aromatic carbocycles. The van der Waals surface area contributed by atoms with Crippen LogP contribution in [0, 0.1) is 0 Å². The summed E-state index contributed by atoms with van der Waals surface area (Å²) in [7, 11) is 0. The van der Waals surface area contributed by atoms with E-state index in [-0.39, 0.29) is 6.42 Å². The van der Waals surface area contributed by atoms with E-state index < -0.39 is 5.97 Å². The molecule has 3 aromatic rings. The van der Waals surface area contributed by atoms with Gasteiger partial charge in [0.2, 0.25) is 0 Å². The molecule has 0 aliphatic carbocycles. The lowest BCUT2D eigenvalue weighted by Crippen LogP contribution is -2.08. The molecule has 0 saturated carbocycles. The maximum absolute atomic E-state index is 10.6. The van der Waals surface area contributed by atoms with Crippen LogP contribution in [0.3, 0.4) is 0 Å². The smallest absolute Gasteiger partial charge is 0.305 e. The second kappa shape index (κ2) is 7.22. The van der Waals surface area contributed by atoms with Gasteiger partial charge in [-0.1, -0.05) is 22.0 Å². The highest BCUT2D eigenvalue weighted by molar-refractivity contribution is 9.10. The second-order valence-corrected chi connectivity index (χ2v) is 5.93. The van der Waals surface area contributed by atoms with Crippen molar-refractivity contribution in [3.8, 4) is 0 Å². The lowest BCUT2D eigenvalue weighted by molar-refractivity contribution is -0.136. The van der Waals surface area contributed by atoms with Gasteiger partial charge in [-0.05, 0) is 18.2 Å². The van der Waals surface area contributed by atoms with Gasteiger partial charge in [0.05, 0.1) is 17.3 Å². The van der Waals surface area contributed by atoms with Crippen molar-refractivity contribution in [2.75, 3.05) is 17.2 Å². The highest BCUT2D eigenvalue weighted by atomic mass is 79.9. The number of carboxylic acids is 1. The summed E-state index contributed by atoms with van der Waals surface area (Å²) >= 11 is 3.43. The van der Waals surface area contributed by atoms with Gasteiger partial charge in [0.1, 0.15) is 18.0 Å². The number of halogens is 1. The second-order valence-electron chi connectivity index (χ2n) is 5.01. The molecule has 0 radical (unpaired) electrons. The topological polar surface area (TPSA) is 100 Å². The number of pyridine rings is 1. The third kappa shape index (κ3) is 3.96. The van der Waals surface area contributed by atoms with Crippen LogP contribution in [0.1, 0.15) is 6.42 Å². The third-order valence-corrected chi connectivity index (χ3v) is 3.75. The van der Waals surface area contributed by atoms with E-state index in [4.69, 9.17) is 5.11 Å². The molecule has 0 spiro atoms. The van der Waals surface area contributed by atoms with Crippen LogP contribution in [-0.4, -0.2) is 32.6 Å². The van der Waals surface area contributed by atoms with E-state index in [0.29, 0.717) is 18.2 Å². The number of anilines is 3. The molecule has 0 aliphatic rings. The Balaban J connectivity index is 1.83. The number of carbonyl (C=O) groups is 1. The molecule has 0 saturated heterocycles. The number of hydrogen-bond donors (Lipinski definition) is 3. The van der Waals surface area contributed by atoms with Gasteiger partial charge in [0, 0.05) is 29.0 Å². The van der Waals surface area contributed by atoms with Crippen LogP contribution >= 0.6 is 15.9 Å². The van der Waals surface area contributed by atoms with Crippen LogP contribution < -0.4 is 10.6 Å². The molecule has 0 atom stereocenters. The van der Waals surface area contributed by atoms with Gasteiger partial charge >= 0.3 is 5.97 Å². The van der Waals surface area contributed by atoms with E-state index in [1.54, 1.807) is 12.3 Å². The van der Waals surface area contributed by atoms with Crippen molar-refractivity contribution in [2.45, 2.75) is 6.42 Å². The molecule has 8 heteroatoms. The average Bonchev–Trinajstić information content (AvgIpc) is 2.54. The molecular formula is C16H14BrN5O2. The first-order chi connectivity index (χ1) is 11.6. The Morgan fingerprint density at radius 1 is 1.21 bits per heavy atom. The fourth-order valence-corrected chi connectivity index (χ4v) is 2.55. The fraction of sp³-hybridized carbons (Fsp3) is 0.125. The zero-order chi connectivity index (χ0) is 16.9. The number of hydrogen-bond acceptors (Lipinski definition) is 6. The summed E-state index contributed by atoms with van der Waals surface area (Å²) in [5.74, 6) is 0.379. The first-order valence-corrected chi connectivity index (χ1v) is 8.00. The summed E-state index contributed by atoms with van der Waals surface area (Å²) in [5, 5.41) is 15.7. The van der Waals surface area contributed by atoms with Crippen molar-refractivity contribution in [1.29, 1.82) is 0 Å². The zero-order valence-corrected chi connectivity index (χ0v) is 14.1. The van der Waals surface area contributed by atoms with Crippen molar-refractivity contribution in [3.05, 3.63) is 47.3 Å². The van der Waals surface area contributed by atoms with Gasteiger partial charge in [0.15, 0.2) is 0 Å². The molecule has 0 aliphatic heterocycles. The van der Waals surface area contributed by atoms with Gasteiger partial charge in [0.25, 0.3) is 0 Å². The van der Waals surface area contributed by atoms with Crippen LogP contribution in [0.4, 0.5) is 17.3 Å². The predicted octanol–water partition coefficient (Wildman–Crippen LogP) is 3.42. The van der Waals surface area contributed by atoms with Crippen molar-refractivity contribution < 1.29 is 9.90 Å². The standard InChI is InChI=1S/C16H14BrN5O2/c17-10-2-1-3-11(6-10)22-16-12-8-19-14(18-5-4-15(23)24)7-13(12)20-9-21-16/h1-3,6-9H,4-5H2,(H,18,19)(H,23,24)(H,20,21,22). The van der Waals surface area contributed by atoms with Crippen molar-refractivity contribution in [2.24, 2.45) is 0 Å². The molecule has 3 rings (SSSR count). The first kappa shape index (κ1) is 16.1. The average molecular weight is 388 g/mol. The van der Waals surface area contributed by atoms with Crippen LogP contribution in [0.2, 0.25) is 0 Å². The monoisotopic (exact) mass is 387 g/mol. The maximum Gasteiger partial charge on any atom is 0.305 e. The number of benzene rings is 1. The van der Waals surface area contributed by atoms with E-state index in [1.807, 2.05) is 24.3 Å². The molecular weight excluding hydrogens is 374 g/mol. The normalized spacial score (nSPS) is 10.5. The van der Waals surface area contributed by atoms with E-state index in [9.17, 15) is 4.79 Å². The van der Waals surface area contributed by atoms with Gasteiger partial charge in [-0.25, -0.2) is 15.0 Å².